The van der Waals surface area contributed by atoms with E-state index in [4.69, 9.17) is 0 Å². The van der Waals surface area contributed by atoms with Crippen molar-refractivity contribution in [3.8, 4) is 11.1 Å². The monoisotopic (exact) mass is 262 g/mol. The van der Waals surface area contributed by atoms with E-state index >= 15 is 0 Å². The van der Waals surface area contributed by atoms with Crippen LogP contribution < -0.4 is 0 Å². The molecule has 4 rings (SSSR count). The number of aryl methyl sites for hydroxylation is 2. The van der Waals surface area contributed by atoms with Crippen LogP contribution in [0.3, 0.4) is 0 Å². The predicted molar refractivity (Wildman–Crippen MR) is 85.5 cm³/mol. The fourth-order valence-corrected chi connectivity index (χ4v) is 4.14. The summed E-state index contributed by atoms with van der Waals surface area (Å²) in [6, 6.07) is 7.20. The SMILES string of the molecule is Cc1cc2c(c(C)c1C)Cc1c-2ccc2c1CCCC2. The summed E-state index contributed by atoms with van der Waals surface area (Å²) in [7, 11) is 0. The van der Waals surface area contributed by atoms with E-state index in [2.05, 4.69) is 39.0 Å². The molecule has 0 heteroatoms. The number of benzene rings is 2. The first-order valence-electron chi connectivity index (χ1n) is 7.90. The minimum Gasteiger partial charge on any atom is -0.0581 e. The molecule has 0 amide bonds. The molecule has 20 heavy (non-hydrogen) atoms. The van der Waals surface area contributed by atoms with Crippen LogP contribution in [0.1, 0.15) is 51.8 Å². The van der Waals surface area contributed by atoms with Crippen molar-refractivity contribution in [2.45, 2.75) is 52.9 Å². The number of hydrogen-bond donors (Lipinski definition) is 0. The largest absolute Gasteiger partial charge is 0.0581 e. The van der Waals surface area contributed by atoms with Gasteiger partial charge in [0.05, 0.1) is 0 Å². The first-order valence-corrected chi connectivity index (χ1v) is 7.90. The van der Waals surface area contributed by atoms with Gasteiger partial charge in [0, 0.05) is 0 Å². The van der Waals surface area contributed by atoms with Gasteiger partial charge in [-0.25, -0.2) is 0 Å². The molecule has 0 bridgehead atoms. The zero-order valence-electron chi connectivity index (χ0n) is 12.8. The molecule has 0 radical (unpaired) electrons. The van der Waals surface area contributed by atoms with Crippen LogP contribution >= 0.6 is 0 Å². The maximum absolute atomic E-state index is 2.42. The summed E-state index contributed by atoms with van der Waals surface area (Å²) in [6.07, 6.45) is 6.49. The van der Waals surface area contributed by atoms with Crippen molar-refractivity contribution in [3.63, 3.8) is 0 Å². The average molecular weight is 262 g/mol. The van der Waals surface area contributed by atoms with Gasteiger partial charge in [-0.1, -0.05) is 18.2 Å². The number of fused-ring (bicyclic) bond motifs is 5. The van der Waals surface area contributed by atoms with Crippen LogP contribution in [0.25, 0.3) is 11.1 Å². The molecule has 0 heterocycles. The zero-order chi connectivity index (χ0) is 13.9. The van der Waals surface area contributed by atoms with Gasteiger partial charge in [0.25, 0.3) is 0 Å². The topological polar surface area (TPSA) is 0 Å². The van der Waals surface area contributed by atoms with E-state index in [1.54, 1.807) is 22.3 Å². The summed E-state index contributed by atoms with van der Waals surface area (Å²) < 4.78 is 0. The molecule has 0 fully saturated rings. The molecule has 2 aliphatic carbocycles. The molecule has 0 saturated heterocycles. The molecule has 2 aromatic rings. The van der Waals surface area contributed by atoms with Crippen LogP contribution in [0.5, 0.6) is 0 Å². The highest BCUT2D eigenvalue weighted by molar-refractivity contribution is 5.81. The molecule has 0 N–H and O–H groups in total. The third-order valence-corrected chi connectivity index (χ3v) is 5.59. The summed E-state index contributed by atoms with van der Waals surface area (Å²) >= 11 is 0. The smallest absolute Gasteiger partial charge is 0.000788 e. The second kappa shape index (κ2) is 4.22. The number of hydrogen-bond acceptors (Lipinski definition) is 0. The van der Waals surface area contributed by atoms with Crippen molar-refractivity contribution >= 4 is 0 Å². The summed E-state index contributed by atoms with van der Waals surface area (Å²) in [5.41, 5.74) is 14.0. The van der Waals surface area contributed by atoms with Gasteiger partial charge in [-0.3, -0.25) is 0 Å². The summed E-state index contributed by atoms with van der Waals surface area (Å²) in [5.74, 6) is 0. The lowest BCUT2D eigenvalue weighted by molar-refractivity contribution is 0.681. The molecular formula is C20H22. The Bertz CT molecular complexity index is 720. The maximum atomic E-state index is 2.42. The summed E-state index contributed by atoms with van der Waals surface area (Å²) in [4.78, 5) is 0. The Morgan fingerprint density at radius 3 is 2.40 bits per heavy atom. The van der Waals surface area contributed by atoms with E-state index in [0.717, 1.165) is 0 Å². The molecule has 0 atom stereocenters. The van der Waals surface area contributed by atoms with Crippen molar-refractivity contribution in [2.75, 3.05) is 0 Å². The molecule has 0 unspecified atom stereocenters. The Morgan fingerprint density at radius 1 is 0.750 bits per heavy atom. The Morgan fingerprint density at radius 2 is 1.55 bits per heavy atom. The first-order chi connectivity index (χ1) is 9.66. The fraction of sp³-hybridized carbons (Fsp3) is 0.400. The standard InChI is InChI=1S/C20H22/c1-12-10-19-17-9-8-15-6-4-5-7-16(15)20(17)11-18(19)14(3)13(12)2/h8-10H,4-7,11H2,1-3H3. The van der Waals surface area contributed by atoms with Gasteiger partial charge in [0.15, 0.2) is 0 Å². The Hall–Kier alpha value is -1.56. The molecule has 2 aliphatic rings. The molecule has 102 valence electrons. The van der Waals surface area contributed by atoms with Crippen molar-refractivity contribution in [1.29, 1.82) is 0 Å². The van der Waals surface area contributed by atoms with Crippen LogP contribution in [0.15, 0.2) is 18.2 Å². The lowest BCUT2D eigenvalue weighted by Crippen LogP contribution is -2.05. The Kier molecular flexibility index (Phi) is 2.57. The van der Waals surface area contributed by atoms with Gasteiger partial charge >= 0.3 is 0 Å². The lowest BCUT2D eigenvalue weighted by atomic mass is 9.86. The molecule has 0 aliphatic heterocycles. The van der Waals surface area contributed by atoms with Crippen LogP contribution in [-0.4, -0.2) is 0 Å². The van der Waals surface area contributed by atoms with Crippen molar-refractivity contribution in [3.05, 3.63) is 57.1 Å². The minimum absolute atomic E-state index is 1.17. The molecule has 0 saturated carbocycles. The normalized spacial score (nSPS) is 15.8. The van der Waals surface area contributed by atoms with Crippen LogP contribution in [0.4, 0.5) is 0 Å². The van der Waals surface area contributed by atoms with Crippen molar-refractivity contribution in [1.82, 2.24) is 0 Å². The highest BCUT2D eigenvalue weighted by Gasteiger charge is 2.26. The van der Waals surface area contributed by atoms with Gasteiger partial charge in [0.2, 0.25) is 0 Å². The molecular weight excluding hydrogens is 240 g/mol. The second-order valence-corrected chi connectivity index (χ2v) is 6.58. The van der Waals surface area contributed by atoms with E-state index in [1.807, 2.05) is 0 Å². The van der Waals surface area contributed by atoms with E-state index < -0.39 is 0 Å². The lowest BCUT2D eigenvalue weighted by Gasteiger charge is -2.19. The zero-order valence-corrected chi connectivity index (χ0v) is 12.8. The average Bonchev–Trinajstić information content (AvgIpc) is 2.84. The highest BCUT2D eigenvalue weighted by atomic mass is 14.3. The number of rotatable bonds is 0. The van der Waals surface area contributed by atoms with Crippen molar-refractivity contribution in [2.24, 2.45) is 0 Å². The van der Waals surface area contributed by atoms with Crippen molar-refractivity contribution < 1.29 is 0 Å². The third-order valence-electron chi connectivity index (χ3n) is 5.59. The Labute approximate surface area is 121 Å². The quantitative estimate of drug-likeness (QED) is 0.531. The fourth-order valence-electron chi connectivity index (χ4n) is 4.14. The van der Waals surface area contributed by atoms with Gasteiger partial charge in [-0.15, -0.1) is 0 Å². The second-order valence-electron chi connectivity index (χ2n) is 6.58. The van der Waals surface area contributed by atoms with Gasteiger partial charge in [0.1, 0.15) is 0 Å². The first kappa shape index (κ1) is 12.2. The van der Waals surface area contributed by atoms with Crippen LogP contribution in [0, 0.1) is 20.8 Å². The van der Waals surface area contributed by atoms with Gasteiger partial charge < -0.3 is 0 Å². The molecule has 2 aromatic carbocycles. The molecule has 0 aromatic heterocycles. The van der Waals surface area contributed by atoms with Crippen LogP contribution in [-0.2, 0) is 19.3 Å². The van der Waals surface area contributed by atoms with Gasteiger partial charge in [-0.2, -0.15) is 0 Å². The predicted octanol–water partition coefficient (Wildman–Crippen LogP) is 5.06. The minimum atomic E-state index is 1.17. The summed E-state index contributed by atoms with van der Waals surface area (Å²) in [6.45, 7) is 6.82. The summed E-state index contributed by atoms with van der Waals surface area (Å²) in [5, 5.41) is 0. The maximum Gasteiger partial charge on any atom is -0.000788 e. The van der Waals surface area contributed by atoms with Crippen LogP contribution in [0.2, 0.25) is 0 Å². The third kappa shape index (κ3) is 1.54. The van der Waals surface area contributed by atoms with Gasteiger partial charge in [-0.05, 0) is 103 Å². The molecule has 0 nitrogen and oxygen atoms in total. The van der Waals surface area contributed by atoms with E-state index in [9.17, 15) is 0 Å². The highest BCUT2D eigenvalue weighted by Crippen LogP contribution is 2.43. The van der Waals surface area contributed by atoms with E-state index in [1.165, 1.54) is 59.9 Å². The van der Waals surface area contributed by atoms with E-state index in [-0.39, 0.29) is 0 Å². The van der Waals surface area contributed by atoms with E-state index in [0.29, 0.717) is 0 Å². The molecule has 0 spiro atoms. The Balaban J connectivity index is 1.97.